The zero-order chi connectivity index (χ0) is 11.4. The summed E-state index contributed by atoms with van der Waals surface area (Å²) in [4.78, 5) is 11.4. The van der Waals surface area contributed by atoms with Crippen molar-refractivity contribution in [3.05, 3.63) is 35.4 Å². The van der Waals surface area contributed by atoms with Gasteiger partial charge in [0.15, 0.2) is 0 Å². The van der Waals surface area contributed by atoms with E-state index in [1.54, 1.807) is 7.05 Å². The number of amides is 1. The van der Waals surface area contributed by atoms with Crippen molar-refractivity contribution in [2.75, 3.05) is 20.1 Å². The molecule has 2 N–H and O–H groups in total. The summed E-state index contributed by atoms with van der Waals surface area (Å²) in [5.74, 6) is 0.584. The van der Waals surface area contributed by atoms with E-state index in [2.05, 4.69) is 22.8 Å². The van der Waals surface area contributed by atoms with Gasteiger partial charge in [-0.25, -0.2) is 0 Å². The second-order valence-electron chi connectivity index (χ2n) is 4.24. The highest BCUT2D eigenvalue weighted by Crippen LogP contribution is 2.23. The topological polar surface area (TPSA) is 41.1 Å². The summed E-state index contributed by atoms with van der Waals surface area (Å²) in [5.41, 5.74) is 2.06. The van der Waals surface area contributed by atoms with Gasteiger partial charge in [-0.2, -0.15) is 0 Å². The maximum absolute atomic E-state index is 11.4. The number of carbonyl (C=O) groups is 1. The molecule has 4 heteroatoms. The predicted molar refractivity (Wildman–Crippen MR) is 71.9 cm³/mol. The lowest BCUT2D eigenvalue weighted by molar-refractivity contribution is 0.0963. The Balaban J connectivity index is 0.00000144. The van der Waals surface area contributed by atoms with E-state index in [1.807, 2.05) is 12.1 Å². The third-order valence-corrected chi connectivity index (χ3v) is 3.17. The highest BCUT2D eigenvalue weighted by molar-refractivity contribution is 5.93. The van der Waals surface area contributed by atoms with Gasteiger partial charge in [0, 0.05) is 19.2 Å². The van der Waals surface area contributed by atoms with E-state index in [-0.39, 0.29) is 18.3 Å². The van der Waals surface area contributed by atoms with E-state index in [4.69, 9.17) is 0 Å². The lowest BCUT2D eigenvalue weighted by Gasteiger charge is -2.23. The van der Waals surface area contributed by atoms with Crippen LogP contribution in [-0.2, 0) is 0 Å². The SMILES string of the molecule is CNC(=O)c1ccc(C2CCCNC2)cc1.Cl. The Morgan fingerprint density at radius 2 is 2.06 bits per heavy atom. The summed E-state index contributed by atoms with van der Waals surface area (Å²) >= 11 is 0. The molecule has 1 atom stereocenters. The Hall–Kier alpha value is -1.06. The molecule has 17 heavy (non-hydrogen) atoms. The van der Waals surface area contributed by atoms with Crippen molar-refractivity contribution in [3.8, 4) is 0 Å². The van der Waals surface area contributed by atoms with Crippen molar-refractivity contribution in [3.63, 3.8) is 0 Å². The molecule has 1 fully saturated rings. The van der Waals surface area contributed by atoms with Crippen LogP contribution in [0.15, 0.2) is 24.3 Å². The van der Waals surface area contributed by atoms with Crippen molar-refractivity contribution in [1.82, 2.24) is 10.6 Å². The summed E-state index contributed by atoms with van der Waals surface area (Å²) < 4.78 is 0. The van der Waals surface area contributed by atoms with Crippen LogP contribution in [0.1, 0.15) is 34.7 Å². The third-order valence-electron chi connectivity index (χ3n) is 3.17. The summed E-state index contributed by atoms with van der Waals surface area (Å²) in [5, 5.41) is 6.03. The number of carbonyl (C=O) groups excluding carboxylic acids is 1. The van der Waals surface area contributed by atoms with Gasteiger partial charge in [-0.1, -0.05) is 12.1 Å². The minimum absolute atomic E-state index is 0. The predicted octanol–water partition coefficient (Wildman–Crippen LogP) is 1.94. The maximum Gasteiger partial charge on any atom is 0.251 e. The fraction of sp³-hybridized carbons (Fsp3) is 0.462. The number of piperidine rings is 1. The van der Waals surface area contributed by atoms with E-state index in [9.17, 15) is 4.79 Å². The molecule has 0 saturated carbocycles. The van der Waals surface area contributed by atoms with E-state index in [0.717, 1.165) is 18.7 Å². The van der Waals surface area contributed by atoms with Crippen LogP contribution in [0.5, 0.6) is 0 Å². The summed E-state index contributed by atoms with van der Waals surface area (Å²) in [7, 11) is 1.65. The standard InChI is InChI=1S/C13H18N2O.ClH/c1-14-13(16)11-6-4-10(5-7-11)12-3-2-8-15-9-12;/h4-7,12,15H,2-3,8-9H2,1H3,(H,14,16);1H. The normalized spacial score (nSPS) is 19.2. The molecule has 94 valence electrons. The van der Waals surface area contributed by atoms with Crippen molar-refractivity contribution in [2.24, 2.45) is 0 Å². The van der Waals surface area contributed by atoms with E-state index in [0.29, 0.717) is 5.92 Å². The van der Waals surface area contributed by atoms with Crippen LogP contribution in [-0.4, -0.2) is 26.0 Å². The van der Waals surface area contributed by atoms with Crippen molar-refractivity contribution >= 4 is 18.3 Å². The number of benzene rings is 1. The van der Waals surface area contributed by atoms with Gasteiger partial charge in [0.05, 0.1) is 0 Å². The summed E-state index contributed by atoms with van der Waals surface area (Å²) in [6.45, 7) is 2.19. The van der Waals surface area contributed by atoms with Gasteiger partial charge in [-0.15, -0.1) is 12.4 Å². The molecule has 1 aromatic carbocycles. The monoisotopic (exact) mass is 254 g/mol. The number of hydrogen-bond acceptors (Lipinski definition) is 2. The van der Waals surface area contributed by atoms with Crippen LogP contribution < -0.4 is 10.6 Å². The molecule has 0 aliphatic carbocycles. The molecular formula is C13H19ClN2O. The molecule has 1 heterocycles. The molecule has 1 amide bonds. The highest BCUT2D eigenvalue weighted by Gasteiger charge is 2.15. The first-order chi connectivity index (χ1) is 7.81. The first-order valence-corrected chi connectivity index (χ1v) is 5.84. The van der Waals surface area contributed by atoms with E-state index < -0.39 is 0 Å². The summed E-state index contributed by atoms with van der Waals surface area (Å²) in [6, 6.07) is 7.95. The number of halogens is 1. The van der Waals surface area contributed by atoms with E-state index >= 15 is 0 Å². The Morgan fingerprint density at radius 3 is 2.59 bits per heavy atom. The molecule has 1 unspecified atom stereocenters. The Bertz CT molecular complexity index is 358. The summed E-state index contributed by atoms with van der Waals surface area (Å²) in [6.07, 6.45) is 2.48. The van der Waals surface area contributed by atoms with E-state index in [1.165, 1.54) is 18.4 Å². The number of rotatable bonds is 2. The second kappa shape index (κ2) is 6.62. The van der Waals surface area contributed by atoms with Crippen LogP contribution in [0, 0.1) is 0 Å². The molecule has 1 aromatic rings. The maximum atomic E-state index is 11.4. The number of nitrogens with one attached hydrogen (secondary N) is 2. The lowest BCUT2D eigenvalue weighted by atomic mass is 9.91. The molecule has 0 radical (unpaired) electrons. The van der Waals surface area contributed by atoms with Crippen LogP contribution in [0.2, 0.25) is 0 Å². The largest absolute Gasteiger partial charge is 0.355 e. The zero-order valence-corrected chi connectivity index (χ0v) is 10.8. The number of hydrogen-bond donors (Lipinski definition) is 2. The molecule has 2 rings (SSSR count). The Morgan fingerprint density at radius 1 is 1.35 bits per heavy atom. The first kappa shape index (κ1) is 14.0. The van der Waals surface area contributed by atoms with Gasteiger partial charge in [-0.05, 0) is 43.0 Å². The van der Waals surface area contributed by atoms with Crippen LogP contribution in [0.4, 0.5) is 0 Å². The molecule has 3 nitrogen and oxygen atoms in total. The lowest BCUT2D eigenvalue weighted by Crippen LogP contribution is -2.28. The van der Waals surface area contributed by atoms with Crippen molar-refractivity contribution in [1.29, 1.82) is 0 Å². The van der Waals surface area contributed by atoms with Gasteiger partial charge < -0.3 is 10.6 Å². The van der Waals surface area contributed by atoms with Crippen molar-refractivity contribution < 1.29 is 4.79 Å². The van der Waals surface area contributed by atoms with Crippen LogP contribution in [0.25, 0.3) is 0 Å². The minimum Gasteiger partial charge on any atom is -0.355 e. The second-order valence-corrected chi connectivity index (χ2v) is 4.24. The van der Waals surface area contributed by atoms with Crippen LogP contribution >= 0.6 is 12.4 Å². The van der Waals surface area contributed by atoms with Gasteiger partial charge in [0.25, 0.3) is 5.91 Å². The van der Waals surface area contributed by atoms with Gasteiger partial charge in [0.2, 0.25) is 0 Å². The van der Waals surface area contributed by atoms with Gasteiger partial charge in [0.1, 0.15) is 0 Å². The first-order valence-electron chi connectivity index (χ1n) is 5.84. The Kier molecular flexibility index (Phi) is 5.45. The molecular weight excluding hydrogens is 236 g/mol. The highest BCUT2D eigenvalue weighted by atomic mass is 35.5. The minimum atomic E-state index is -0.0201. The van der Waals surface area contributed by atoms with Crippen LogP contribution in [0.3, 0.4) is 0 Å². The van der Waals surface area contributed by atoms with Crippen molar-refractivity contribution in [2.45, 2.75) is 18.8 Å². The molecule has 0 spiro atoms. The molecule has 0 bridgehead atoms. The Labute approximate surface area is 108 Å². The fourth-order valence-corrected chi connectivity index (χ4v) is 2.19. The molecule has 0 aromatic heterocycles. The third kappa shape index (κ3) is 3.45. The average Bonchev–Trinajstić information content (AvgIpc) is 2.39. The zero-order valence-electron chi connectivity index (χ0n) is 10.0. The van der Waals surface area contributed by atoms with Gasteiger partial charge in [-0.3, -0.25) is 4.79 Å². The quantitative estimate of drug-likeness (QED) is 0.847. The average molecular weight is 255 g/mol. The van der Waals surface area contributed by atoms with Gasteiger partial charge >= 0.3 is 0 Å². The fourth-order valence-electron chi connectivity index (χ4n) is 2.19. The molecule has 1 aliphatic rings. The molecule has 1 aliphatic heterocycles. The molecule has 1 saturated heterocycles. The smallest absolute Gasteiger partial charge is 0.251 e.